The standard InChI is InChI=1S/C12H19N3O2/c1-10(2)6-3-4-8-13-11-7-5-9-14-12(11)15(16)17/h5,7,9-10,13H,3-4,6,8H2,1-2H3. The van der Waals surface area contributed by atoms with E-state index in [1.807, 2.05) is 0 Å². The molecule has 0 amide bonds. The number of aromatic nitrogens is 1. The fourth-order valence-electron chi connectivity index (χ4n) is 1.58. The van der Waals surface area contributed by atoms with E-state index < -0.39 is 4.92 Å². The van der Waals surface area contributed by atoms with E-state index in [2.05, 4.69) is 24.1 Å². The smallest absolute Gasteiger partial charge is 0.378 e. The first kappa shape index (κ1) is 13.4. The van der Waals surface area contributed by atoms with Crippen LogP contribution in [0.5, 0.6) is 0 Å². The van der Waals surface area contributed by atoms with Gasteiger partial charge in [-0.1, -0.05) is 26.7 Å². The Morgan fingerprint density at radius 2 is 2.24 bits per heavy atom. The minimum absolute atomic E-state index is 0.101. The van der Waals surface area contributed by atoms with Crippen LogP contribution < -0.4 is 5.32 Å². The van der Waals surface area contributed by atoms with Crippen molar-refractivity contribution < 1.29 is 4.92 Å². The van der Waals surface area contributed by atoms with Gasteiger partial charge in [0.05, 0.1) is 0 Å². The summed E-state index contributed by atoms with van der Waals surface area (Å²) in [5, 5.41) is 13.8. The molecule has 5 heteroatoms. The van der Waals surface area contributed by atoms with E-state index in [0.29, 0.717) is 11.6 Å². The fourth-order valence-corrected chi connectivity index (χ4v) is 1.58. The molecule has 5 nitrogen and oxygen atoms in total. The zero-order valence-corrected chi connectivity index (χ0v) is 10.3. The van der Waals surface area contributed by atoms with Gasteiger partial charge in [0.15, 0.2) is 0 Å². The molecule has 0 unspecified atom stereocenters. The highest BCUT2D eigenvalue weighted by Gasteiger charge is 2.12. The molecule has 1 aromatic heterocycles. The summed E-state index contributed by atoms with van der Waals surface area (Å²) in [4.78, 5) is 14.0. The molecule has 1 rings (SSSR count). The van der Waals surface area contributed by atoms with Gasteiger partial charge in [-0.25, -0.2) is 0 Å². The monoisotopic (exact) mass is 237 g/mol. The average Bonchev–Trinajstić information content (AvgIpc) is 2.28. The molecule has 0 atom stereocenters. The van der Waals surface area contributed by atoms with E-state index in [0.717, 1.165) is 19.4 Å². The lowest BCUT2D eigenvalue weighted by Gasteiger charge is -2.07. The molecule has 0 aromatic carbocycles. The molecule has 0 spiro atoms. The molecule has 1 N–H and O–H groups in total. The molecule has 0 radical (unpaired) electrons. The van der Waals surface area contributed by atoms with Crippen LogP contribution in [0, 0.1) is 16.0 Å². The minimum atomic E-state index is -0.462. The van der Waals surface area contributed by atoms with Gasteiger partial charge in [-0.3, -0.25) is 0 Å². The topological polar surface area (TPSA) is 68.1 Å². The molecule has 17 heavy (non-hydrogen) atoms. The Hall–Kier alpha value is -1.65. The molecule has 0 saturated carbocycles. The largest absolute Gasteiger partial charge is 0.386 e. The van der Waals surface area contributed by atoms with Crippen molar-refractivity contribution in [2.45, 2.75) is 33.1 Å². The maximum Gasteiger partial charge on any atom is 0.386 e. The van der Waals surface area contributed by atoms with Crippen LogP contribution in [-0.4, -0.2) is 16.5 Å². The molecule has 1 heterocycles. The van der Waals surface area contributed by atoms with Crippen LogP contribution in [0.15, 0.2) is 18.3 Å². The molecule has 0 fully saturated rings. The number of hydrogen-bond donors (Lipinski definition) is 1. The summed E-state index contributed by atoms with van der Waals surface area (Å²) in [6.45, 7) is 5.14. The van der Waals surface area contributed by atoms with Crippen LogP contribution in [0.25, 0.3) is 0 Å². The van der Waals surface area contributed by atoms with Crippen molar-refractivity contribution in [2.75, 3.05) is 11.9 Å². The quantitative estimate of drug-likeness (QED) is 0.449. The predicted octanol–water partition coefficient (Wildman–Crippen LogP) is 3.23. The summed E-state index contributed by atoms with van der Waals surface area (Å²) in [5.74, 6) is 0.610. The molecule has 0 aliphatic rings. The van der Waals surface area contributed by atoms with Crippen molar-refractivity contribution in [1.82, 2.24) is 4.98 Å². The highest BCUT2D eigenvalue weighted by atomic mass is 16.6. The first-order chi connectivity index (χ1) is 8.11. The summed E-state index contributed by atoms with van der Waals surface area (Å²) in [6, 6.07) is 3.39. The lowest BCUT2D eigenvalue weighted by atomic mass is 10.1. The van der Waals surface area contributed by atoms with E-state index in [1.165, 1.54) is 12.6 Å². The van der Waals surface area contributed by atoms with Crippen LogP contribution in [0.3, 0.4) is 0 Å². The first-order valence-electron chi connectivity index (χ1n) is 5.94. The van der Waals surface area contributed by atoms with Crippen LogP contribution in [0.1, 0.15) is 33.1 Å². The summed E-state index contributed by atoms with van der Waals surface area (Å²) < 4.78 is 0. The van der Waals surface area contributed by atoms with E-state index in [9.17, 15) is 10.1 Å². The summed E-state index contributed by atoms with van der Waals surface area (Å²) in [6.07, 6.45) is 4.78. The third kappa shape index (κ3) is 4.80. The third-order valence-electron chi connectivity index (χ3n) is 2.48. The minimum Gasteiger partial charge on any atom is -0.378 e. The predicted molar refractivity (Wildman–Crippen MR) is 68.1 cm³/mol. The second kappa shape index (κ2) is 6.83. The van der Waals surface area contributed by atoms with E-state index in [4.69, 9.17) is 0 Å². The third-order valence-corrected chi connectivity index (χ3v) is 2.48. The molecular formula is C12H19N3O2. The molecule has 0 aliphatic carbocycles. The fraction of sp³-hybridized carbons (Fsp3) is 0.583. The van der Waals surface area contributed by atoms with Gasteiger partial charge in [0.25, 0.3) is 0 Å². The van der Waals surface area contributed by atoms with E-state index >= 15 is 0 Å². The van der Waals surface area contributed by atoms with Crippen LogP contribution in [-0.2, 0) is 0 Å². The first-order valence-corrected chi connectivity index (χ1v) is 5.94. The zero-order valence-electron chi connectivity index (χ0n) is 10.3. The van der Waals surface area contributed by atoms with Crippen LogP contribution in [0.2, 0.25) is 0 Å². The Morgan fingerprint density at radius 3 is 2.88 bits per heavy atom. The van der Waals surface area contributed by atoms with Crippen molar-refractivity contribution >= 4 is 11.5 Å². The van der Waals surface area contributed by atoms with Gasteiger partial charge in [0, 0.05) is 6.54 Å². The number of pyridine rings is 1. The zero-order chi connectivity index (χ0) is 12.7. The molecule has 0 bridgehead atoms. The highest BCUT2D eigenvalue weighted by molar-refractivity contribution is 5.56. The molecule has 0 aliphatic heterocycles. The maximum atomic E-state index is 10.7. The Kier molecular flexibility index (Phi) is 5.39. The van der Waals surface area contributed by atoms with Gasteiger partial charge < -0.3 is 15.4 Å². The van der Waals surface area contributed by atoms with Gasteiger partial charge in [0.1, 0.15) is 11.9 Å². The van der Waals surface area contributed by atoms with E-state index in [-0.39, 0.29) is 5.82 Å². The molecular weight excluding hydrogens is 218 g/mol. The Labute approximate surface area is 101 Å². The highest BCUT2D eigenvalue weighted by Crippen LogP contribution is 2.20. The average molecular weight is 237 g/mol. The van der Waals surface area contributed by atoms with Crippen molar-refractivity contribution in [2.24, 2.45) is 5.92 Å². The van der Waals surface area contributed by atoms with Crippen molar-refractivity contribution in [3.05, 3.63) is 28.4 Å². The number of rotatable bonds is 7. The number of anilines is 1. The van der Waals surface area contributed by atoms with Gasteiger partial charge in [-0.2, -0.15) is 0 Å². The van der Waals surface area contributed by atoms with Gasteiger partial charge in [0.2, 0.25) is 0 Å². The van der Waals surface area contributed by atoms with Gasteiger partial charge in [-0.05, 0) is 34.4 Å². The number of nitro groups is 1. The molecule has 94 valence electrons. The SMILES string of the molecule is CC(C)CCCCNc1cccnc1[N+](=O)[O-]. The van der Waals surface area contributed by atoms with Gasteiger partial charge >= 0.3 is 5.82 Å². The van der Waals surface area contributed by atoms with Crippen molar-refractivity contribution in [3.8, 4) is 0 Å². The summed E-state index contributed by atoms with van der Waals surface area (Å²) >= 11 is 0. The van der Waals surface area contributed by atoms with Crippen molar-refractivity contribution in [1.29, 1.82) is 0 Å². The lowest BCUT2D eigenvalue weighted by molar-refractivity contribution is -0.388. The summed E-state index contributed by atoms with van der Waals surface area (Å²) in [5.41, 5.74) is 0.502. The van der Waals surface area contributed by atoms with Gasteiger partial charge in [-0.15, -0.1) is 0 Å². The maximum absolute atomic E-state index is 10.7. The summed E-state index contributed by atoms with van der Waals surface area (Å²) in [7, 11) is 0. The Morgan fingerprint density at radius 1 is 1.47 bits per heavy atom. The second-order valence-corrected chi connectivity index (χ2v) is 4.45. The number of nitrogens with zero attached hydrogens (tertiary/aromatic N) is 2. The van der Waals surface area contributed by atoms with E-state index in [1.54, 1.807) is 12.1 Å². The Bertz CT molecular complexity index is 367. The number of nitrogens with one attached hydrogen (secondary N) is 1. The van der Waals surface area contributed by atoms with Crippen LogP contribution >= 0.6 is 0 Å². The lowest BCUT2D eigenvalue weighted by Crippen LogP contribution is -2.05. The Balaban J connectivity index is 2.39. The molecule has 1 aromatic rings. The second-order valence-electron chi connectivity index (χ2n) is 4.45. The molecule has 0 saturated heterocycles. The number of hydrogen-bond acceptors (Lipinski definition) is 4. The van der Waals surface area contributed by atoms with Crippen molar-refractivity contribution in [3.63, 3.8) is 0 Å². The van der Waals surface area contributed by atoms with Crippen LogP contribution in [0.4, 0.5) is 11.5 Å². The normalized spacial score (nSPS) is 10.5. The number of unbranched alkanes of at least 4 members (excludes halogenated alkanes) is 1.